The van der Waals surface area contributed by atoms with Crippen LogP contribution >= 0.6 is 0 Å². The van der Waals surface area contributed by atoms with Crippen LogP contribution in [0.2, 0.25) is 0 Å². The van der Waals surface area contributed by atoms with Gasteiger partial charge in [-0.15, -0.1) is 0 Å². The number of allylic oxidation sites excluding steroid dienone is 3. The van der Waals surface area contributed by atoms with Crippen LogP contribution in [0.4, 0.5) is 0 Å². The Bertz CT molecular complexity index is 801. The Morgan fingerprint density at radius 3 is 2.44 bits per heavy atom. The fourth-order valence-corrected chi connectivity index (χ4v) is 8.44. The number of rotatable bonds is 4. The molecule has 4 aliphatic carbocycles. The Morgan fingerprint density at radius 1 is 1.09 bits per heavy atom. The lowest BCUT2D eigenvalue weighted by molar-refractivity contribution is -0.251. The molecule has 3 fully saturated rings. The summed E-state index contributed by atoms with van der Waals surface area (Å²) in [7, 11) is 0. The molecule has 0 radical (unpaired) electrons. The summed E-state index contributed by atoms with van der Waals surface area (Å²) >= 11 is 0. The molecule has 0 aliphatic heterocycles. The van der Waals surface area contributed by atoms with Crippen molar-refractivity contribution in [3.63, 3.8) is 0 Å². The summed E-state index contributed by atoms with van der Waals surface area (Å²) < 4.78 is 0. The lowest BCUT2D eigenvalue weighted by Crippen LogP contribution is -2.71. The van der Waals surface area contributed by atoms with Crippen molar-refractivity contribution in [3.05, 3.63) is 24.3 Å². The van der Waals surface area contributed by atoms with E-state index in [1.807, 2.05) is 0 Å². The minimum absolute atomic E-state index is 0.0233. The highest BCUT2D eigenvalue weighted by Gasteiger charge is 2.71. The fraction of sp³-hybridized carbons (Fsp3) is 0.821. The van der Waals surface area contributed by atoms with E-state index in [-0.39, 0.29) is 29.5 Å². The molecule has 0 aromatic heterocycles. The van der Waals surface area contributed by atoms with Gasteiger partial charge in [-0.25, -0.2) is 0 Å². The molecule has 3 N–H and O–H groups in total. The first-order valence-corrected chi connectivity index (χ1v) is 12.9. The monoisotopic (exact) mass is 444 g/mol. The standard InChI is InChI=1S/C28H44O4/c1-16(2)17(3)9-10-18(4)20-11-12-21-19-14-24(31)28(32)13-7-8-23(30)27(28,6)25(19)22(29)15-26(20,21)5/h7-10,16-22,24-25,29,31-32H,11-15H2,1-6H3. The maximum atomic E-state index is 13.2. The van der Waals surface area contributed by atoms with Crippen LogP contribution in [-0.4, -0.2) is 38.9 Å². The lowest BCUT2D eigenvalue weighted by atomic mass is 9.42. The molecule has 0 aromatic carbocycles. The van der Waals surface area contributed by atoms with Crippen LogP contribution in [-0.2, 0) is 4.79 Å². The van der Waals surface area contributed by atoms with E-state index in [9.17, 15) is 20.1 Å². The molecular formula is C28H44O4. The normalized spacial score (nSPS) is 50.2. The number of aliphatic hydroxyl groups excluding tert-OH is 2. The highest BCUT2D eigenvalue weighted by molar-refractivity contribution is 5.97. The molecule has 4 nitrogen and oxygen atoms in total. The van der Waals surface area contributed by atoms with E-state index >= 15 is 0 Å². The van der Waals surface area contributed by atoms with Gasteiger partial charge in [0.05, 0.1) is 17.6 Å². The molecule has 0 saturated heterocycles. The summed E-state index contributed by atoms with van der Waals surface area (Å²) in [5.41, 5.74) is -2.65. The molecule has 3 saturated carbocycles. The van der Waals surface area contributed by atoms with Crippen LogP contribution < -0.4 is 0 Å². The van der Waals surface area contributed by atoms with Crippen molar-refractivity contribution in [2.75, 3.05) is 0 Å². The third kappa shape index (κ3) is 3.23. The molecule has 11 atom stereocenters. The molecule has 32 heavy (non-hydrogen) atoms. The first-order chi connectivity index (χ1) is 14.9. The first-order valence-electron chi connectivity index (χ1n) is 12.9. The molecule has 0 amide bonds. The second-order valence-electron chi connectivity index (χ2n) is 12.5. The van der Waals surface area contributed by atoms with Gasteiger partial charge in [-0.2, -0.15) is 0 Å². The molecule has 0 heterocycles. The summed E-state index contributed by atoms with van der Waals surface area (Å²) in [4.78, 5) is 13.2. The van der Waals surface area contributed by atoms with E-state index in [0.29, 0.717) is 42.4 Å². The van der Waals surface area contributed by atoms with Crippen LogP contribution in [0.25, 0.3) is 0 Å². The van der Waals surface area contributed by atoms with E-state index in [1.165, 1.54) is 0 Å². The van der Waals surface area contributed by atoms with Crippen molar-refractivity contribution in [1.29, 1.82) is 0 Å². The maximum absolute atomic E-state index is 13.2. The number of carbonyl (C=O) groups excluding carboxylic acids is 1. The number of hydrogen-bond donors (Lipinski definition) is 3. The van der Waals surface area contributed by atoms with Crippen molar-refractivity contribution < 1.29 is 20.1 Å². The van der Waals surface area contributed by atoms with Crippen LogP contribution in [0.15, 0.2) is 24.3 Å². The average Bonchev–Trinajstić information content (AvgIpc) is 3.05. The minimum Gasteiger partial charge on any atom is -0.393 e. The quantitative estimate of drug-likeness (QED) is 0.557. The number of ketones is 1. The van der Waals surface area contributed by atoms with Gasteiger partial charge in [0, 0.05) is 5.92 Å². The molecule has 180 valence electrons. The number of fused-ring (bicyclic) bond motifs is 5. The van der Waals surface area contributed by atoms with Gasteiger partial charge in [0.1, 0.15) is 5.60 Å². The molecule has 11 unspecified atom stereocenters. The molecule has 4 rings (SSSR count). The minimum atomic E-state index is -1.49. The fourth-order valence-electron chi connectivity index (χ4n) is 8.44. The lowest BCUT2D eigenvalue weighted by Gasteiger charge is -2.64. The zero-order chi connectivity index (χ0) is 23.6. The predicted octanol–water partition coefficient (Wildman–Crippen LogP) is 4.53. The largest absolute Gasteiger partial charge is 0.393 e. The van der Waals surface area contributed by atoms with Crippen molar-refractivity contribution in [1.82, 2.24) is 0 Å². The van der Waals surface area contributed by atoms with Crippen LogP contribution in [0.1, 0.15) is 73.6 Å². The Morgan fingerprint density at radius 2 is 1.78 bits per heavy atom. The predicted molar refractivity (Wildman–Crippen MR) is 127 cm³/mol. The summed E-state index contributed by atoms with van der Waals surface area (Å²) in [6.07, 6.45) is 9.98. The van der Waals surface area contributed by atoms with Crippen LogP contribution in [0.3, 0.4) is 0 Å². The van der Waals surface area contributed by atoms with Gasteiger partial charge in [-0.05, 0) is 86.0 Å². The van der Waals surface area contributed by atoms with Gasteiger partial charge in [-0.1, -0.05) is 52.8 Å². The Hall–Kier alpha value is -0.970. The zero-order valence-corrected chi connectivity index (χ0v) is 20.8. The molecule has 4 aliphatic rings. The van der Waals surface area contributed by atoms with Gasteiger partial charge < -0.3 is 15.3 Å². The van der Waals surface area contributed by atoms with Crippen molar-refractivity contribution in [2.45, 2.75) is 91.5 Å². The SMILES string of the molecule is CC(C)C(C)C=CC(C)C1CCC2C3CC(O)C4(O)CC=CC(=O)C4(C)C3C(O)CC12C. The number of hydrogen-bond acceptors (Lipinski definition) is 4. The van der Waals surface area contributed by atoms with Crippen molar-refractivity contribution in [3.8, 4) is 0 Å². The van der Waals surface area contributed by atoms with Gasteiger partial charge in [0.25, 0.3) is 0 Å². The molecule has 0 aromatic rings. The average molecular weight is 445 g/mol. The molecule has 4 heteroatoms. The topological polar surface area (TPSA) is 77.8 Å². The molecule has 0 bridgehead atoms. The highest BCUT2D eigenvalue weighted by atomic mass is 16.3. The number of aliphatic hydroxyl groups is 3. The van der Waals surface area contributed by atoms with Gasteiger partial charge in [-0.3, -0.25) is 4.79 Å². The Labute approximate surface area is 194 Å². The maximum Gasteiger partial charge on any atom is 0.164 e. The van der Waals surface area contributed by atoms with Gasteiger partial charge >= 0.3 is 0 Å². The number of carbonyl (C=O) groups is 1. The van der Waals surface area contributed by atoms with E-state index < -0.39 is 23.2 Å². The summed E-state index contributed by atoms with van der Waals surface area (Å²) in [6.45, 7) is 13.2. The van der Waals surface area contributed by atoms with Gasteiger partial charge in [0.2, 0.25) is 0 Å². The zero-order valence-electron chi connectivity index (χ0n) is 20.8. The van der Waals surface area contributed by atoms with Crippen LogP contribution in [0, 0.1) is 52.3 Å². The summed E-state index contributed by atoms with van der Waals surface area (Å²) in [6, 6.07) is 0. The van der Waals surface area contributed by atoms with E-state index in [2.05, 4.69) is 46.8 Å². The van der Waals surface area contributed by atoms with Crippen molar-refractivity contribution in [2.24, 2.45) is 52.3 Å². The second kappa shape index (κ2) is 8.06. The van der Waals surface area contributed by atoms with Gasteiger partial charge in [0.15, 0.2) is 5.78 Å². The molecule has 0 spiro atoms. The Balaban J connectivity index is 1.66. The Kier molecular flexibility index (Phi) is 6.09. The van der Waals surface area contributed by atoms with E-state index in [0.717, 1.165) is 12.8 Å². The second-order valence-corrected chi connectivity index (χ2v) is 12.5. The summed E-state index contributed by atoms with van der Waals surface area (Å²) in [5.74, 6) is 2.02. The van der Waals surface area contributed by atoms with Crippen LogP contribution in [0.5, 0.6) is 0 Å². The van der Waals surface area contributed by atoms with E-state index in [1.54, 1.807) is 19.1 Å². The van der Waals surface area contributed by atoms with Crippen molar-refractivity contribution >= 4 is 5.78 Å². The van der Waals surface area contributed by atoms with E-state index in [4.69, 9.17) is 0 Å². The smallest absolute Gasteiger partial charge is 0.164 e. The summed E-state index contributed by atoms with van der Waals surface area (Å²) in [5, 5.41) is 34.2. The third-order valence-electron chi connectivity index (χ3n) is 10.8. The highest BCUT2D eigenvalue weighted by Crippen LogP contribution is 2.68. The first kappa shape index (κ1) is 24.2. The molecular weight excluding hydrogens is 400 g/mol. The third-order valence-corrected chi connectivity index (χ3v) is 10.8.